The Bertz CT molecular complexity index is 718. The Balaban J connectivity index is 2.03. The molecular formula is C15H15N3O. The molecule has 0 aliphatic heterocycles. The second-order valence-corrected chi connectivity index (χ2v) is 4.43. The van der Waals surface area contributed by atoms with Crippen LogP contribution in [0.1, 0.15) is 11.1 Å². The minimum atomic E-state index is 0.506. The van der Waals surface area contributed by atoms with Crippen molar-refractivity contribution >= 4 is 5.65 Å². The normalized spacial score (nSPS) is 10.8. The summed E-state index contributed by atoms with van der Waals surface area (Å²) in [7, 11) is 0. The lowest BCUT2D eigenvalue weighted by Gasteiger charge is -2.11. The summed E-state index contributed by atoms with van der Waals surface area (Å²) in [6.07, 6.45) is 3.64. The number of benzene rings is 1. The maximum atomic E-state index is 5.99. The quantitative estimate of drug-likeness (QED) is 0.780. The number of ether oxygens (including phenoxy) is 1. The van der Waals surface area contributed by atoms with E-state index in [1.807, 2.05) is 53.9 Å². The van der Waals surface area contributed by atoms with Crippen molar-refractivity contribution in [2.75, 3.05) is 0 Å². The highest BCUT2D eigenvalue weighted by molar-refractivity contribution is 5.44. The molecule has 0 amide bonds. The highest BCUT2D eigenvalue weighted by Crippen LogP contribution is 2.26. The van der Waals surface area contributed by atoms with E-state index in [0.29, 0.717) is 6.54 Å². The van der Waals surface area contributed by atoms with E-state index in [-0.39, 0.29) is 0 Å². The topological polar surface area (TPSA) is 52.5 Å². The molecule has 96 valence electrons. The van der Waals surface area contributed by atoms with Gasteiger partial charge in [-0.3, -0.25) is 4.40 Å². The first-order valence-corrected chi connectivity index (χ1v) is 6.17. The van der Waals surface area contributed by atoms with E-state index in [9.17, 15) is 0 Å². The lowest BCUT2D eigenvalue weighted by atomic mass is 10.1. The summed E-state index contributed by atoms with van der Waals surface area (Å²) in [5.74, 6) is 1.57. The lowest BCUT2D eigenvalue weighted by molar-refractivity contribution is 0.452. The zero-order valence-electron chi connectivity index (χ0n) is 10.7. The predicted octanol–water partition coefficient (Wildman–Crippen LogP) is 2.89. The number of aryl methyl sites for hydroxylation is 1. The van der Waals surface area contributed by atoms with Crippen molar-refractivity contribution in [3.8, 4) is 11.6 Å². The summed E-state index contributed by atoms with van der Waals surface area (Å²) in [5, 5.41) is 0. The van der Waals surface area contributed by atoms with E-state index in [2.05, 4.69) is 4.98 Å². The van der Waals surface area contributed by atoms with E-state index in [1.165, 1.54) is 0 Å². The van der Waals surface area contributed by atoms with Crippen molar-refractivity contribution in [2.24, 2.45) is 5.73 Å². The number of fused-ring (bicyclic) bond motifs is 1. The third-order valence-electron chi connectivity index (χ3n) is 3.09. The SMILES string of the molecule is Cc1ccc(CN)cc1Oc1cccc2nccn12. The van der Waals surface area contributed by atoms with Crippen molar-refractivity contribution in [3.63, 3.8) is 0 Å². The largest absolute Gasteiger partial charge is 0.440 e. The van der Waals surface area contributed by atoms with Crippen LogP contribution in [-0.2, 0) is 6.54 Å². The van der Waals surface area contributed by atoms with E-state index in [0.717, 1.165) is 28.4 Å². The molecule has 2 aromatic heterocycles. The van der Waals surface area contributed by atoms with Crippen LogP contribution in [0.25, 0.3) is 5.65 Å². The summed E-state index contributed by atoms with van der Waals surface area (Å²) >= 11 is 0. The number of nitrogens with two attached hydrogens (primary N) is 1. The predicted molar refractivity (Wildman–Crippen MR) is 74.3 cm³/mol. The fourth-order valence-electron chi connectivity index (χ4n) is 2.00. The fraction of sp³-hybridized carbons (Fsp3) is 0.133. The standard InChI is InChI=1S/C15H15N3O/c1-11-5-6-12(10-16)9-13(11)19-15-4-2-3-14-17-7-8-18(14)15/h2-9H,10,16H2,1H3. The fourth-order valence-corrected chi connectivity index (χ4v) is 2.00. The van der Waals surface area contributed by atoms with E-state index in [4.69, 9.17) is 10.5 Å². The van der Waals surface area contributed by atoms with Crippen LogP contribution in [0.5, 0.6) is 11.6 Å². The van der Waals surface area contributed by atoms with Crippen LogP contribution in [0.15, 0.2) is 48.8 Å². The van der Waals surface area contributed by atoms with Crippen LogP contribution in [-0.4, -0.2) is 9.38 Å². The molecule has 4 heteroatoms. The molecule has 0 radical (unpaired) electrons. The van der Waals surface area contributed by atoms with E-state index in [1.54, 1.807) is 6.20 Å². The molecule has 0 aliphatic carbocycles. The molecular weight excluding hydrogens is 238 g/mol. The molecule has 0 unspecified atom stereocenters. The number of nitrogens with zero attached hydrogens (tertiary/aromatic N) is 2. The van der Waals surface area contributed by atoms with Crippen LogP contribution < -0.4 is 10.5 Å². The zero-order valence-corrected chi connectivity index (χ0v) is 10.7. The van der Waals surface area contributed by atoms with Gasteiger partial charge in [-0.1, -0.05) is 18.2 Å². The molecule has 1 aromatic carbocycles. The third-order valence-corrected chi connectivity index (χ3v) is 3.09. The molecule has 0 saturated heterocycles. The first kappa shape index (κ1) is 11.7. The van der Waals surface area contributed by atoms with Gasteiger partial charge in [-0.05, 0) is 36.2 Å². The first-order valence-electron chi connectivity index (χ1n) is 6.17. The zero-order chi connectivity index (χ0) is 13.2. The summed E-state index contributed by atoms with van der Waals surface area (Å²) in [6.45, 7) is 2.52. The van der Waals surface area contributed by atoms with Gasteiger partial charge in [0.25, 0.3) is 0 Å². The number of rotatable bonds is 3. The Labute approximate surface area is 111 Å². The van der Waals surface area contributed by atoms with Gasteiger partial charge in [-0.15, -0.1) is 0 Å². The van der Waals surface area contributed by atoms with Gasteiger partial charge in [0.2, 0.25) is 5.88 Å². The number of pyridine rings is 1. The van der Waals surface area contributed by atoms with Gasteiger partial charge >= 0.3 is 0 Å². The average Bonchev–Trinajstić information content (AvgIpc) is 2.90. The van der Waals surface area contributed by atoms with Gasteiger partial charge in [0, 0.05) is 18.9 Å². The molecule has 3 aromatic rings. The summed E-state index contributed by atoms with van der Waals surface area (Å²) in [5.41, 5.74) is 8.66. The molecule has 0 atom stereocenters. The molecule has 19 heavy (non-hydrogen) atoms. The molecule has 2 N–H and O–H groups in total. The minimum absolute atomic E-state index is 0.506. The van der Waals surface area contributed by atoms with Gasteiger partial charge in [-0.25, -0.2) is 4.98 Å². The smallest absolute Gasteiger partial charge is 0.205 e. The number of imidazole rings is 1. The first-order chi connectivity index (χ1) is 9.28. The second kappa shape index (κ2) is 4.74. The molecule has 0 saturated carbocycles. The van der Waals surface area contributed by atoms with Gasteiger partial charge in [0.1, 0.15) is 11.4 Å². The van der Waals surface area contributed by atoms with Gasteiger partial charge < -0.3 is 10.5 Å². The molecule has 0 bridgehead atoms. The second-order valence-electron chi connectivity index (χ2n) is 4.43. The van der Waals surface area contributed by atoms with Gasteiger partial charge in [-0.2, -0.15) is 0 Å². The average molecular weight is 253 g/mol. The molecule has 0 spiro atoms. The maximum Gasteiger partial charge on any atom is 0.205 e. The van der Waals surface area contributed by atoms with Crippen LogP contribution >= 0.6 is 0 Å². The molecule has 0 aliphatic rings. The van der Waals surface area contributed by atoms with Crippen LogP contribution in [0.4, 0.5) is 0 Å². The minimum Gasteiger partial charge on any atom is -0.440 e. The van der Waals surface area contributed by atoms with Crippen LogP contribution in [0, 0.1) is 6.92 Å². The van der Waals surface area contributed by atoms with Crippen molar-refractivity contribution < 1.29 is 4.74 Å². The van der Waals surface area contributed by atoms with Crippen molar-refractivity contribution in [1.82, 2.24) is 9.38 Å². The van der Waals surface area contributed by atoms with Crippen molar-refractivity contribution in [3.05, 3.63) is 59.9 Å². The monoisotopic (exact) mass is 253 g/mol. The highest BCUT2D eigenvalue weighted by Gasteiger charge is 2.06. The van der Waals surface area contributed by atoms with Crippen LogP contribution in [0.3, 0.4) is 0 Å². The van der Waals surface area contributed by atoms with E-state index < -0.39 is 0 Å². The highest BCUT2D eigenvalue weighted by atomic mass is 16.5. The third kappa shape index (κ3) is 2.18. The Hall–Kier alpha value is -2.33. The number of hydrogen-bond acceptors (Lipinski definition) is 3. The Morgan fingerprint density at radius 2 is 2.16 bits per heavy atom. The maximum absolute atomic E-state index is 5.99. The number of aromatic nitrogens is 2. The Morgan fingerprint density at radius 3 is 3.00 bits per heavy atom. The Morgan fingerprint density at radius 1 is 1.26 bits per heavy atom. The molecule has 4 nitrogen and oxygen atoms in total. The molecule has 0 fully saturated rings. The molecule has 3 rings (SSSR count). The Kier molecular flexibility index (Phi) is 2.93. The summed E-state index contributed by atoms with van der Waals surface area (Å²) < 4.78 is 7.90. The van der Waals surface area contributed by atoms with Crippen LogP contribution in [0.2, 0.25) is 0 Å². The van der Waals surface area contributed by atoms with Crippen molar-refractivity contribution in [1.29, 1.82) is 0 Å². The van der Waals surface area contributed by atoms with Gasteiger partial charge in [0.15, 0.2) is 0 Å². The van der Waals surface area contributed by atoms with Crippen molar-refractivity contribution in [2.45, 2.75) is 13.5 Å². The lowest BCUT2D eigenvalue weighted by Crippen LogP contribution is -1.99. The van der Waals surface area contributed by atoms with Gasteiger partial charge in [0.05, 0.1) is 0 Å². The van der Waals surface area contributed by atoms with E-state index >= 15 is 0 Å². The summed E-state index contributed by atoms with van der Waals surface area (Å²) in [6, 6.07) is 11.8. The number of hydrogen-bond donors (Lipinski definition) is 1. The molecule has 2 heterocycles. The summed E-state index contributed by atoms with van der Waals surface area (Å²) in [4.78, 5) is 4.24.